The summed E-state index contributed by atoms with van der Waals surface area (Å²) in [4.78, 5) is 19.7. The van der Waals surface area contributed by atoms with Crippen molar-refractivity contribution >= 4 is 11.6 Å². The van der Waals surface area contributed by atoms with Crippen LogP contribution in [-0.2, 0) is 0 Å². The number of hydrazine groups is 1. The summed E-state index contributed by atoms with van der Waals surface area (Å²) >= 11 is 0. The van der Waals surface area contributed by atoms with Gasteiger partial charge in [0.1, 0.15) is 0 Å². The van der Waals surface area contributed by atoms with Crippen LogP contribution in [0.5, 0.6) is 0 Å². The van der Waals surface area contributed by atoms with Gasteiger partial charge in [0, 0.05) is 18.6 Å². The average molecular weight is 240 g/mol. The molecule has 2 rings (SSSR count). The van der Waals surface area contributed by atoms with E-state index in [1.54, 1.807) is 30.6 Å². The van der Waals surface area contributed by atoms with Gasteiger partial charge in [-0.2, -0.15) is 0 Å². The van der Waals surface area contributed by atoms with Crippen molar-refractivity contribution < 1.29 is 4.79 Å². The van der Waals surface area contributed by atoms with Gasteiger partial charge in [0.2, 0.25) is 0 Å². The van der Waals surface area contributed by atoms with Gasteiger partial charge in [-0.1, -0.05) is 12.6 Å². The first kappa shape index (κ1) is 11.8. The number of amides is 1. The van der Waals surface area contributed by atoms with Crippen molar-refractivity contribution in [1.82, 2.24) is 20.8 Å². The molecule has 0 unspecified atom stereocenters. The third-order valence-electron chi connectivity index (χ3n) is 2.22. The Morgan fingerprint density at radius 1 is 1.11 bits per heavy atom. The molecular weight excluding hydrogens is 228 g/mol. The lowest BCUT2D eigenvalue weighted by Gasteiger charge is -2.10. The maximum atomic E-state index is 11.7. The number of aromatic nitrogens is 2. The SMILES string of the molecule is C=C(NNC(=O)c1cccnc1)c1ccccn1. The van der Waals surface area contributed by atoms with E-state index in [9.17, 15) is 4.79 Å². The Labute approximate surface area is 105 Å². The summed E-state index contributed by atoms with van der Waals surface area (Å²) in [5.74, 6) is -0.278. The molecular formula is C13H12N4O. The van der Waals surface area contributed by atoms with Crippen LogP contribution < -0.4 is 10.9 Å². The fourth-order valence-electron chi connectivity index (χ4n) is 1.31. The lowest BCUT2D eigenvalue weighted by Crippen LogP contribution is -2.36. The average Bonchev–Trinajstić information content (AvgIpc) is 2.46. The van der Waals surface area contributed by atoms with E-state index in [2.05, 4.69) is 27.4 Å². The monoisotopic (exact) mass is 240 g/mol. The third kappa shape index (κ3) is 2.91. The smallest absolute Gasteiger partial charge is 0.271 e. The summed E-state index contributed by atoms with van der Waals surface area (Å²) in [5, 5.41) is 0. The van der Waals surface area contributed by atoms with E-state index in [0.29, 0.717) is 17.0 Å². The van der Waals surface area contributed by atoms with Gasteiger partial charge in [-0.3, -0.25) is 25.6 Å². The summed E-state index contributed by atoms with van der Waals surface area (Å²) in [5.41, 5.74) is 6.90. The Morgan fingerprint density at radius 2 is 2.00 bits per heavy atom. The fourth-order valence-corrected chi connectivity index (χ4v) is 1.31. The van der Waals surface area contributed by atoms with Crippen LogP contribution in [0, 0.1) is 0 Å². The first-order chi connectivity index (χ1) is 8.77. The molecule has 2 aromatic rings. The van der Waals surface area contributed by atoms with Crippen LogP contribution >= 0.6 is 0 Å². The molecule has 5 heteroatoms. The van der Waals surface area contributed by atoms with Crippen LogP contribution in [0.2, 0.25) is 0 Å². The highest BCUT2D eigenvalue weighted by atomic mass is 16.2. The highest BCUT2D eigenvalue weighted by Crippen LogP contribution is 2.03. The van der Waals surface area contributed by atoms with Gasteiger partial charge >= 0.3 is 0 Å². The number of carbonyl (C=O) groups is 1. The molecule has 0 spiro atoms. The normalized spacial score (nSPS) is 9.56. The zero-order valence-electron chi connectivity index (χ0n) is 9.63. The van der Waals surface area contributed by atoms with Crippen LogP contribution in [0.1, 0.15) is 16.1 Å². The number of carbonyl (C=O) groups excluding carboxylic acids is 1. The number of pyridine rings is 2. The molecule has 0 saturated heterocycles. The van der Waals surface area contributed by atoms with Crippen molar-refractivity contribution in [2.75, 3.05) is 0 Å². The van der Waals surface area contributed by atoms with Crippen LogP contribution in [0.3, 0.4) is 0 Å². The van der Waals surface area contributed by atoms with Crippen LogP contribution in [0.15, 0.2) is 55.5 Å². The molecule has 1 amide bonds. The molecule has 0 radical (unpaired) electrons. The maximum absolute atomic E-state index is 11.7. The second kappa shape index (κ2) is 5.58. The zero-order chi connectivity index (χ0) is 12.8. The molecule has 0 bridgehead atoms. The highest BCUT2D eigenvalue weighted by Gasteiger charge is 2.05. The maximum Gasteiger partial charge on any atom is 0.271 e. The quantitative estimate of drug-likeness (QED) is 0.792. The minimum absolute atomic E-state index is 0.278. The summed E-state index contributed by atoms with van der Waals surface area (Å²) < 4.78 is 0. The standard InChI is InChI=1S/C13H12N4O/c1-10(12-6-2-3-8-15-12)16-17-13(18)11-5-4-7-14-9-11/h2-9,16H,1H2,(H,17,18). The first-order valence-electron chi connectivity index (χ1n) is 5.34. The van der Waals surface area contributed by atoms with E-state index < -0.39 is 0 Å². The van der Waals surface area contributed by atoms with E-state index >= 15 is 0 Å². The zero-order valence-corrected chi connectivity index (χ0v) is 9.63. The molecule has 0 aliphatic rings. The lowest BCUT2D eigenvalue weighted by molar-refractivity contribution is 0.0942. The van der Waals surface area contributed by atoms with Gasteiger partial charge in [0.05, 0.1) is 17.0 Å². The Morgan fingerprint density at radius 3 is 2.67 bits per heavy atom. The molecule has 2 aromatic heterocycles. The van der Waals surface area contributed by atoms with Gasteiger partial charge in [-0.05, 0) is 24.3 Å². The summed E-state index contributed by atoms with van der Waals surface area (Å²) in [6, 6.07) is 8.82. The third-order valence-corrected chi connectivity index (χ3v) is 2.22. The molecule has 0 aliphatic carbocycles. The van der Waals surface area contributed by atoms with Crippen LogP contribution in [-0.4, -0.2) is 15.9 Å². The van der Waals surface area contributed by atoms with Crippen molar-refractivity contribution in [2.24, 2.45) is 0 Å². The number of nitrogens with zero attached hydrogens (tertiary/aromatic N) is 2. The van der Waals surface area contributed by atoms with Gasteiger partial charge in [-0.25, -0.2) is 0 Å². The molecule has 0 fully saturated rings. The predicted octanol–water partition coefficient (Wildman–Crippen LogP) is 1.38. The van der Waals surface area contributed by atoms with Crippen molar-refractivity contribution in [3.05, 3.63) is 66.8 Å². The lowest BCUT2D eigenvalue weighted by atomic mass is 10.3. The fraction of sp³-hybridized carbons (Fsp3) is 0. The Bertz CT molecular complexity index is 488. The van der Waals surface area contributed by atoms with Crippen molar-refractivity contribution in [1.29, 1.82) is 0 Å². The summed E-state index contributed by atoms with van der Waals surface area (Å²) in [6.45, 7) is 3.79. The second-order valence-corrected chi connectivity index (χ2v) is 3.51. The Hall–Kier alpha value is -2.69. The van der Waals surface area contributed by atoms with Crippen LogP contribution in [0.25, 0.3) is 5.70 Å². The minimum atomic E-state index is -0.278. The second-order valence-electron chi connectivity index (χ2n) is 3.51. The minimum Gasteiger partial charge on any atom is -0.297 e. The molecule has 0 aromatic carbocycles. The topological polar surface area (TPSA) is 66.9 Å². The van der Waals surface area contributed by atoms with Crippen molar-refractivity contribution in [2.45, 2.75) is 0 Å². The highest BCUT2D eigenvalue weighted by molar-refractivity contribution is 5.93. The van der Waals surface area contributed by atoms with Gasteiger partial charge in [0.25, 0.3) is 5.91 Å². The first-order valence-corrected chi connectivity index (χ1v) is 5.34. The van der Waals surface area contributed by atoms with Gasteiger partial charge < -0.3 is 0 Å². The molecule has 18 heavy (non-hydrogen) atoms. The molecule has 2 heterocycles. The molecule has 5 nitrogen and oxygen atoms in total. The molecule has 90 valence electrons. The van der Waals surface area contributed by atoms with Gasteiger partial charge in [-0.15, -0.1) is 0 Å². The van der Waals surface area contributed by atoms with E-state index in [4.69, 9.17) is 0 Å². The van der Waals surface area contributed by atoms with E-state index in [0.717, 1.165) is 0 Å². The summed E-state index contributed by atoms with van der Waals surface area (Å²) in [7, 11) is 0. The van der Waals surface area contributed by atoms with E-state index in [1.807, 2.05) is 12.1 Å². The molecule has 2 N–H and O–H groups in total. The molecule has 0 aliphatic heterocycles. The molecule has 0 atom stereocenters. The van der Waals surface area contributed by atoms with Gasteiger partial charge in [0.15, 0.2) is 0 Å². The van der Waals surface area contributed by atoms with E-state index in [-0.39, 0.29) is 5.91 Å². The number of hydrogen-bond donors (Lipinski definition) is 2. The largest absolute Gasteiger partial charge is 0.297 e. The summed E-state index contributed by atoms with van der Waals surface area (Å²) in [6.07, 6.45) is 4.75. The van der Waals surface area contributed by atoms with Crippen molar-refractivity contribution in [3.63, 3.8) is 0 Å². The number of hydrogen-bond acceptors (Lipinski definition) is 4. The number of nitrogens with one attached hydrogen (secondary N) is 2. The van der Waals surface area contributed by atoms with Crippen molar-refractivity contribution in [3.8, 4) is 0 Å². The van der Waals surface area contributed by atoms with Crippen LogP contribution in [0.4, 0.5) is 0 Å². The Kier molecular flexibility index (Phi) is 3.66. The predicted molar refractivity (Wildman–Crippen MR) is 68.1 cm³/mol. The van der Waals surface area contributed by atoms with E-state index in [1.165, 1.54) is 6.20 Å². The Balaban J connectivity index is 1.93. The molecule has 0 saturated carbocycles. The number of rotatable bonds is 4.